The third kappa shape index (κ3) is 3.78. The molecule has 3 rings (SSSR count). The van der Waals surface area contributed by atoms with Crippen LogP contribution in [0.1, 0.15) is 47.7 Å². The molecule has 0 unspecified atom stereocenters. The molecule has 0 bridgehead atoms. The smallest absolute Gasteiger partial charge is 0.305 e. The van der Waals surface area contributed by atoms with Gasteiger partial charge in [0.25, 0.3) is 0 Å². The highest BCUT2D eigenvalue weighted by atomic mass is 16.4. The zero-order chi connectivity index (χ0) is 19.6. The van der Waals surface area contributed by atoms with Gasteiger partial charge in [0, 0.05) is 11.3 Å². The number of aromatic nitrogens is 3. The summed E-state index contributed by atoms with van der Waals surface area (Å²) in [4.78, 5) is 15.3. The Morgan fingerprint density at radius 2 is 2.15 bits per heavy atom. The van der Waals surface area contributed by atoms with Crippen molar-refractivity contribution in [3.63, 3.8) is 0 Å². The van der Waals surface area contributed by atoms with E-state index in [4.69, 9.17) is 10.8 Å². The summed E-state index contributed by atoms with van der Waals surface area (Å²) < 4.78 is 1.69. The van der Waals surface area contributed by atoms with Gasteiger partial charge in [0.1, 0.15) is 11.9 Å². The first-order valence-electron chi connectivity index (χ1n) is 9.09. The van der Waals surface area contributed by atoms with Crippen LogP contribution < -0.4 is 11.1 Å². The summed E-state index contributed by atoms with van der Waals surface area (Å²) in [5.74, 6) is -0.355. The SMILES string of the molecule is Cc1nn(CCC(=O)O)c(C)c1-c1cc(C2CCNCC2)c(C#N)c(N)n1. The number of carboxylic acid groups (broad SMARTS) is 1. The number of nitrogens with one attached hydrogen (secondary N) is 1. The third-order valence-corrected chi connectivity index (χ3v) is 5.14. The van der Waals surface area contributed by atoms with E-state index in [0.29, 0.717) is 17.8 Å². The molecule has 1 fully saturated rings. The molecule has 0 saturated carbocycles. The fraction of sp³-hybridized carbons (Fsp3) is 0.474. The van der Waals surface area contributed by atoms with Crippen molar-refractivity contribution in [1.29, 1.82) is 5.26 Å². The molecule has 0 radical (unpaired) electrons. The van der Waals surface area contributed by atoms with E-state index >= 15 is 0 Å². The van der Waals surface area contributed by atoms with Gasteiger partial charge in [-0.25, -0.2) is 4.98 Å². The lowest BCUT2D eigenvalue weighted by Crippen LogP contribution is -2.27. The van der Waals surface area contributed by atoms with Gasteiger partial charge in [0.05, 0.1) is 29.9 Å². The van der Waals surface area contributed by atoms with Gasteiger partial charge < -0.3 is 16.2 Å². The van der Waals surface area contributed by atoms with Crippen LogP contribution in [0.2, 0.25) is 0 Å². The fourth-order valence-corrected chi connectivity index (χ4v) is 3.78. The number of piperidine rings is 1. The van der Waals surface area contributed by atoms with Gasteiger partial charge in [-0.05, 0) is 57.3 Å². The second-order valence-corrected chi connectivity index (χ2v) is 6.91. The molecule has 1 saturated heterocycles. The van der Waals surface area contributed by atoms with E-state index < -0.39 is 5.97 Å². The first-order valence-corrected chi connectivity index (χ1v) is 9.09. The topological polar surface area (TPSA) is 130 Å². The average molecular weight is 368 g/mol. The van der Waals surface area contributed by atoms with E-state index in [2.05, 4.69) is 21.5 Å². The minimum atomic E-state index is -0.863. The maximum Gasteiger partial charge on any atom is 0.305 e. The van der Waals surface area contributed by atoms with Crippen molar-refractivity contribution < 1.29 is 9.90 Å². The van der Waals surface area contributed by atoms with Gasteiger partial charge in [0.2, 0.25) is 0 Å². The number of aliphatic carboxylic acids is 1. The lowest BCUT2D eigenvalue weighted by molar-refractivity contribution is -0.137. The first-order chi connectivity index (χ1) is 12.9. The van der Waals surface area contributed by atoms with Crippen molar-refractivity contribution in [2.75, 3.05) is 18.8 Å². The largest absolute Gasteiger partial charge is 0.481 e. The number of hydrogen-bond donors (Lipinski definition) is 3. The molecule has 0 aliphatic carbocycles. The van der Waals surface area contributed by atoms with Crippen molar-refractivity contribution in [3.05, 3.63) is 28.6 Å². The number of pyridine rings is 1. The van der Waals surface area contributed by atoms with Crippen LogP contribution in [0.3, 0.4) is 0 Å². The predicted molar refractivity (Wildman–Crippen MR) is 101 cm³/mol. The first kappa shape index (κ1) is 18.9. The molecular formula is C19H24N6O2. The highest BCUT2D eigenvalue weighted by molar-refractivity contribution is 5.70. The number of carboxylic acids is 1. The zero-order valence-corrected chi connectivity index (χ0v) is 15.6. The molecule has 4 N–H and O–H groups in total. The van der Waals surface area contributed by atoms with Crippen molar-refractivity contribution in [2.24, 2.45) is 0 Å². The quantitative estimate of drug-likeness (QED) is 0.735. The summed E-state index contributed by atoms with van der Waals surface area (Å²) in [5, 5.41) is 26.3. The molecule has 27 heavy (non-hydrogen) atoms. The number of nitrogens with two attached hydrogens (primary N) is 1. The number of nitrogen functional groups attached to an aromatic ring is 1. The molecule has 8 heteroatoms. The summed E-state index contributed by atoms with van der Waals surface area (Å²) in [5.41, 5.74) is 10.7. The third-order valence-electron chi connectivity index (χ3n) is 5.14. The van der Waals surface area contributed by atoms with Crippen LogP contribution in [0.5, 0.6) is 0 Å². The molecule has 3 heterocycles. The van der Waals surface area contributed by atoms with Gasteiger partial charge in [-0.3, -0.25) is 9.48 Å². The molecule has 8 nitrogen and oxygen atoms in total. The molecule has 0 spiro atoms. The van der Waals surface area contributed by atoms with Crippen molar-refractivity contribution in [3.8, 4) is 17.3 Å². The number of rotatable bonds is 5. The summed E-state index contributed by atoms with van der Waals surface area (Å²) in [6, 6.07) is 4.17. The Morgan fingerprint density at radius 3 is 2.78 bits per heavy atom. The Labute approximate surface area is 158 Å². The maximum atomic E-state index is 10.9. The highest BCUT2D eigenvalue weighted by Crippen LogP contribution is 2.35. The van der Waals surface area contributed by atoms with Gasteiger partial charge in [-0.15, -0.1) is 0 Å². The van der Waals surface area contributed by atoms with Crippen LogP contribution in [0, 0.1) is 25.2 Å². The molecule has 0 atom stereocenters. The molecule has 0 aromatic carbocycles. The molecular weight excluding hydrogens is 344 g/mol. The lowest BCUT2D eigenvalue weighted by atomic mass is 9.86. The summed E-state index contributed by atoms with van der Waals surface area (Å²) in [7, 11) is 0. The number of hydrogen-bond acceptors (Lipinski definition) is 6. The van der Waals surface area contributed by atoms with Gasteiger partial charge in [-0.1, -0.05) is 0 Å². The normalized spacial score (nSPS) is 14.9. The van der Waals surface area contributed by atoms with Crippen molar-refractivity contribution >= 4 is 11.8 Å². The summed E-state index contributed by atoms with van der Waals surface area (Å²) in [6.45, 7) is 5.91. The van der Waals surface area contributed by atoms with Gasteiger partial charge in [0.15, 0.2) is 0 Å². The minimum absolute atomic E-state index is 0.00462. The Balaban J connectivity index is 2.06. The van der Waals surface area contributed by atoms with E-state index in [9.17, 15) is 10.1 Å². The molecule has 2 aromatic rings. The van der Waals surface area contributed by atoms with Crippen molar-refractivity contribution in [1.82, 2.24) is 20.1 Å². The van der Waals surface area contributed by atoms with Crippen LogP contribution in [-0.4, -0.2) is 38.9 Å². The van der Waals surface area contributed by atoms with Crippen LogP contribution in [0.25, 0.3) is 11.3 Å². The standard InChI is InChI=1S/C19H24N6O2/c1-11-18(12(2)25(24-11)8-5-17(26)27)16-9-14(13-3-6-22-7-4-13)15(10-20)19(21)23-16/h9,13,22H,3-8H2,1-2H3,(H2,21,23)(H,26,27). The Bertz CT molecular complexity index is 906. The number of nitrogens with zero attached hydrogens (tertiary/aromatic N) is 4. The summed E-state index contributed by atoms with van der Waals surface area (Å²) >= 11 is 0. The van der Waals surface area contributed by atoms with E-state index in [-0.39, 0.29) is 18.2 Å². The fourth-order valence-electron chi connectivity index (χ4n) is 3.78. The van der Waals surface area contributed by atoms with Crippen LogP contribution in [0.4, 0.5) is 5.82 Å². The number of aryl methyl sites for hydroxylation is 2. The Morgan fingerprint density at radius 1 is 1.44 bits per heavy atom. The van der Waals surface area contributed by atoms with E-state index in [1.54, 1.807) is 4.68 Å². The predicted octanol–water partition coefficient (Wildman–Crippen LogP) is 1.96. The zero-order valence-electron chi connectivity index (χ0n) is 15.6. The molecule has 0 amide bonds. The number of carbonyl (C=O) groups is 1. The lowest BCUT2D eigenvalue weighted by Gasteiger charge is -2.24. The van der Waals surface area contributed by atoms with Gasteiger partial charge in [-0.2, -0.15) is 10.4 Å². The van der Waals surface area contributed by atoms with Crippen LogP contribution >= 0.6 is 0 Å². The van der Waals surface area contributed by atoms with Crippen LogP contribution in [-0.2, 0) is 11.3 Å². The molecule has 1 aliphatic rings. The Kier molecular flexibility index (Phi) is 5.42. The van der Waals surface area contributed by atoms with E-state index in [0.717, 1.165) is 48.4 Å². The Hall–Kier alpha value is -2.92. The van der Waals surface area contributed by atoms with E-state index in [1.807, 2.05) is 19.9 Å². The molecule has 1 aliphatic heterocycles. The van der Waals surface area contributed by atoms with Crippen molar-refractivity contribution in [2.45, 2.75) is 45.6 Å². The monoisotopic (exact) mass is 368 g/mol. The second kappa shape index (κ2) is 7.76. The minimum Gasteiger partial charge on any atom is -0.481 e. The van der Waals surface area contributed by atoms with Gasteiger partial charge >= 0.3 is 5.97 Å². The van der Waals surface area contributed by atoms with Crippen LogP contribution in [0.15, 0.2) is 6.07 Å². The second-order valence-electron chi connectivity index (χ2n) is 6.91. The molecule has 142 valence electrons. The number of anilines is 1. The number of nitriles is 1. The maximum absolute atomic E-state index is 10.9. The average Bonchev–Trinajstić information content (AvgIpc) is 2.93. The highest BCUT2D eigenvalue weighted by Gasteiger charge is 2.24. The van der Waals surface area contributed by atoms with E-state index in [1.165, 1.54) is 0 Å². The molecule has 2 aromatic heterocycles. The summed E-state index contributed by atoms with van der Waals surface area (Å²) in [6.07, 6.45) is 1.91.